The van der Waals surface area contributed by atoms with Gasteiger partial charge in [0.05, 0.1) is 12.1 Å². The Balaban J connectivity index is 2.23. The number of benzene rings is 1. The number of ether oxygens (including phenoxy) is 1. The molecule has 1 aromatic rings. The van der Waals surface area contributed by atoms with Gasteiger partial charge in [-0.15, -0.1) is 11.6 Å². The highest BCUT2D eigenvalue weighted by Crippen LogP contribution is 2.44. The number of hydrogen-bond donors (Lipinski definition) is 0. The fraction of sp³-hybridized carbons (Fsp3) is 0.500. The first-order valence-electron chi connectivity index (χ1n) is 5.15. The van der Waals surface area contributed by atoms with Crippen molar-refractivity contribution in [2.24, 2.45) is 5.92 Å². The predicted molar refractivity (Wildman–Crippen MR) is 64.2 cm³/mol. The zero-order valence-electron chi connectivity index (χ0n) is 8.67. The Bertz CT molecular complexity index is 347. The number of rotatable bonds is 4. The molecule has 1 unspecified atom stereocenters. The average molecular weight is 245 g/mol. The van der Waals surface area contributed by atoms with Gasteiger partial charge in [-0.2, -0.15) is 0 Å². The lowest BCUT2D eigenvalue weighted by molar-refractivity contribution is 0.414. The second kappa shape index (κ2) is 4.63. The number of methoxy groups -OCH3 is 1. The molecule has 15 heavy (non-hydrogen) atoms. The Morgan fingerprint density at radius 3 is 2.67 bits per heavy atom. The molecule has 0 spiro atoms. The van der Waals surface area contributed by atoms with Crippen LogP contribution in [0.3, 0.4) is 0 Å². The molecule has 3 heteroatoms. The van der Waals surface area contributed by atoms with Crippen LogP contribution in [0.5, 0.6) is 5.75 Å². The maximum absolute atomic E-state index is 6.09. The zero-order chi connectivity index (χ0) is 10.8. The molecule has 82 valence electrons. The van der Waals surface area contributed by atoms with Crippen molar-refractivity contribution in [2.75, 3.05) is 13.0 Å². The van der Waals surface area contributed by atoms with E-state index in [-0.39, 0.29) is 0 Å². The highest BCUT2D eigenvalue weighted by Gasteiger charge is 2.31. The summed E-state index contributed by atoms with van der Waals surface area (Å²) in [6.07, 6.45) is 2.59. The lowest BCUT2D eigenvalue weighted by atomic mass is 9.96. The minimum absolute atomic E-state index is 0.454. The van der Waals surface area contributed by atoms with Gasteiger partial charge in [-0.1, -0.05) is 17.7 Å². The molecular formula is C12H14Cl2O. The van der Waals surface area contributed by atoms with Crippen LogP contribution in [0.25, 0.3) is 0 Å². The van der Waals surface area contributed by atoms with Gasteiger partial charge in [-0.3, -0.25) is 0 Å². The van der Waals surface area contributed by atoms with Gasteiger partial charge in [0.15, 0.2) is 0 Å². The summed E-state index contributed by atoms with van der Waals surface area (Å²) in [5.74, 6) is 2.61. The SMILES string of the molecule is COc1ccc(C(CCl)C2CC2)cc1Cl. The van der Waals surface area contributed by atoms with E-state index in [0.717, 1.165) is 11.7 Å². The highest BCUT2D eigenvalue weighted by atomic mass is 35.5. The van der Waals surface area contributed by atoms with Crippen molar-refractivity contribution in [3.05, 3.63) is 28.8 Å². The van der Waals surface area contributed by atoms with E-state index in [0.29, 0.717) is 16.8 Å². The quantitative estimate of drug-likeness (QED) is 0.726. The van der Waals surface area contributed by atoms with Gasteiger partial charge < -0.3 is 4.74 Å². The van der Waals surface area contributed by atoms with Gasteiger partial charge in [-0.25, -0.2) is 0 Å². The minimum atomic E-state index is 0.454. The van der Waals surface area contributed by atoms with Gasteiger partial charge in [0, 0.05) is 11.8 Å². The fourth-order valence-corrected chi connectivity index (χ4v) is 2.60. The van der Waals surface area contributed by atoms with Crippen molar-refractivity contribution >= 4 is 23.2 Å². The molecule has 1 aliphatic carbocycles. The summed E-state index contributed by atoms with van der Waals surface area (Å²) < 4.78 is 5.12. The number of halogens is 2. The summed E-state index contributed by atoms with van der Waals surface area (Å²) in [5, 5.41) is 0.672. The van der Waals surface area contributed by atoms with Crippen LogP contribution in [-0.4, -0.2) is 13.0 Å². The van der Waals surface area contributed by atoms with E-state index in [4.69, 9.17) is 27.9 Å². The minimum Gasteiger partial charge on any atom is -0.495 e. The molecule has 1 nitrogen and oxygen atoms in total. The Morgan fingerprint density at radius 1 is 1.47 bits per heavy atom. The summed E-state index contributed by atoms with van der Waals surface area (Å²) >= 11 is 12.1. The highest BCUT2D eigenvalue weighted by molar-refractivity contribution is 6.32. The van der Waals surface area contributed by atoms with Gasteiger partial charge in [-0.05, 0) is 36.5 Å². The van der Waals surface area contributed by atoms with E-state index in [9.17, 15) is 0 Å². The molecular weight excluding hydrogens is 231 g/mol. The third-order valence-electron chi connectivity index (χ3n) is 2.96. The van der Waals surface area contributed by atoms with Crippen molar-refractivity contribution in [1.82, 2.24) is 0 Å². The van der Waals surface area contributed by atoms with Gasteiger partial charge in [0.25, 0.3) is 0 Å². The first-order valence-corrected chi connectivity index (χ1v) is 6.07. The maximum atomic E-state index is 6.09. The lowest BCUT2D eigenvalue weighted by Gasteiger charge is -2.14. The lowest BCUT2D eigenvalue weighted by Crippen LogP contribution is -2.03. The molecule has 0 aliphatic heterocycles. The van der Waals surface area contributed by atoms with Crippen molar-refractivity contribution in [3.63, 3.8) is 0 Å². The van der Waals surface area contributed by atoms with Crippen LogP contribution < -0.4 is 4.74 Å². The summed E-state index contributed by atoms with van der Waals surface area (Å²) in [7, 11) is 1.63. The topological polar surface area (TPSA) is 9.23 Å². The largest absolute Gasteiger partial charge is 0.495 e. The predicted octanol–water partition coefficient (Wildman–Crippen LogP) is 4.08. The Labute approximate surface area is 100 Å². The molecule has 1 fully saturated rings. The number of alkyl halides is 1. The van der Waals surface area contributed by atoms with Crippen molar-refractivity contribution in [3.8, 4) is 5.75 Å². The normalized spacial score (nSPS) is 17.5. The van der Waals surface area contributed by atoms with E-state index in [1.165, 1.54) is 18.4 Å². The molecule has 0 bridgehead atoms. The molecule has 0 radical (unpaired) electrons. The number of hydrogen-bond acceptors (Lipinski definition) is 1. The zero-order valence-corrected chi connectivity index (χ0v) is 10.2. The van der Waals surface area contributed by atoms with Crippen molar-refractivity contribution < 1.29 is 4.74 Å². The first-order chi connectivity index (χ1) is 7.26. The van der Waals surface area contributed by atoms with Gasteiger partial charge >= 0.3 is 0 Å². The van der Waals surface area contributed by atoms with E-state index in [1.54, 1.807) is 7.11 Å². The molecule has 0 heterocycles. The molecule has 2 rings (SSSR count). The second-order valence-electron chi connectivity index (χ2n) is 3.99. The monoisotopic (exact) mass is 244 g/mol. The van der Waals surface area contributed by atoms with E-state index in [1.807, 2.05) is 12.1 Å². The Hall–Kier alpha value is -0.400. The maximum Gasteiger partial charge on any atom is 0.137 e. The molecule has 1 aromatic carbocycles. The summed E-state index contributed by atoms with van der Waals surface area (Å²) in [6, 6.07) is 5.96. The Morgan fingerprint density at radius 2 is 2.20 bits per heavy atom. The van der Waals surface area contributed by atoms with E-state index < -0.39 is 0 Å². The van der Waals surface area contributed by atoms with E-state index >= 15 is 0 Å². The van der Waals surface area contributed by atoms with Crippen LogP contribution in [0.2, 0.25) is 5.02 Å². The van der Waals surface area contributed by atoms with Crippen molar-refractivity contribution in [1.29, 1.82) is 0 Å². The summed E-state index contributed by atoms with van der Waals surface area (Å²) in [5.41, 5.74) is 1.23. The smallest absolute Gasteiger partial charge is 0.137 e. The molecule has 0 N–H and O–H groups in total. The molecule has 0 saturated heterocycles. The summed E-state index contributed by atoms with van der Waals surface area (Å²) in [4.78, 5) is 0. The molecule has 1 saturated carbocycles. The third-order valence-corrected chi connectivity index (χ3v) is 3.59. The van der Waals surface area contributed by atoms with Gasteiger partial charge in [0.1, 0.15) is 5.75 Å². The van der Waals surface area contributed by atoms with Crippen LogP contribution in [-0.2, 0) is 0 Å². The van der Waals surface area contributed by atoms with Crippen LogP contribution >= 0.6 is 23.2 Å². The Kier molecular flexibility index (Phi) is 3.42. The molecule has 1 aliphatic rings. The third kappa shape index (κ3) is 2.40. The average Bonchev–Trinajstić information content (AvgIpc) is 3.03. The van der Waals surface area contributed by atoms with Crippen LogP contribution in [0.4, 0.5) is 0 Å². The van der Waals surface area contributed by atoms with E-state index in [2.05, 4.69) is 6.07 Å². The first kappa shape index (κ1) is 11.1. The van der Waals surface area contributed by atoms with Crippen LogP contribution in [0.15, 0.2) is 18.2 Å². The standard InChI is InChI=1S/C12H14Cl2O/c1-15-12-5-4-9(6-11(12)14)10(7-13)8-2-3-8/h4-6,8,10H,2-3,7H2,1H3. The second-order valence-corrected chi connectivity index (χ2v) is 4.71. The molecule has 0 amide bonds. The van der Waals surface area contributed by atoms with Crippen molar-refractivity contribution in [2.45, 2.75) is 18.8 Å². The molecule has 1 atom stereocenters. The van der Waals surface area contributed by atoms with Gasteiger partial charge in [0.2, 0.25) is 0 Å². The summed E-state index contributed by atoms with van der Waals surface area (Å²) in [6.45, 7) is 0. The van der Waals surface area contributed by atoms with Crippen LogP contribution in [0, 0.1) is 5.92 Å². The fourth-order valence-electron chi connectivity index (χ4n) is 1.90. The molecule has 0 aromatic heterocycles. The van der Waals surface area contributed by atoms with Crippen LogP contribution in [0.1, 0.15) is 24.3 Å².